The van der Waals surface area contributed by atoms with Crippen LogP contribution >= 0.6 is 0 Å². The molecule has 1 aliphatic rings. The summed E-state index contributed by atoms with van der Waals surface area (Å²) >= 11 is 0. The van der Waals surface area contributed by atoms with Crippen molar-refractivity contribution in [2.24, 2.45) is 5.92 Å². The summed E-state index contributed by atoms with van der Waals surface area (Å²) in [7, 11) is 0. The Hall–Kier alpha value is -0.960. The molecule has 1 aromatic heterocycles. The zero-order valence-electron chi connectivity index (χ0n) is 11.8. The summed E-state index contributed by atoms with van der Waals surface area (Å²) in [4.78, 5) is 6.64. The Morgan fingerprint density at radius 2 is 2.06 bits per heavy atom. The molecule has 100 valence electrons. The van der Waals surface area contributed by atoms with Gasteiger partial charge in [0, 0.05) is 31.7 Å². The van der Waals surface area contributed by atoms with E-state index in [2.05, 4.69) is 42.8 Å². The molecule has 1 aromatic rings. The highest BCUT2D eigenvalue weighted by molar-refractivity contribution is 5.21. The van der Waals surface area contributed by atoms with Crippen LogP contribution in [0.5, 0.6) is 0 Å². The summed E-state index contributed by atoms with van der Waals surface area (Å²) < 4.78 is 13.4. The zero-order chi connectivity index (χ0) is 13.3. The molecule has 2 atom stereocenters. The second-order valence-electron chi connectivity index (χ2n) is 6.48. The summed E-state index contributed by atoms with van der Waals surface area (Å²) in [6, 6.07) is 4.20. The van der Waals surface area contributed by atoms with Crippen LogP contribution in [0.1, 0.15) is 39.0 Å². The lowest BCUT2D eigenvalue weighted by atomic mass is 9.88. The van der Waals surface area contributed by atoms with Crippen LogP contribution < -0.4 is 0 Å². The number of rotatable bonds is 2. The maximum absolute atomic E-state index is 13.4. The van der Waals surface area contributed by atoms with Crippen LogP contribution in [0, 0.1) is 5.92 Å². The Morgan fingerprint density at radius 1 is 1.33 bits per heavy atom. The van der Waals surface area contributed by atoms with Crippen LogP contribution in [-0.4, -0.2) is 29.1 Å². The van der Waals surface area contributed by atoms with Crippen molar-refractivity contribution in [3.63, 3.8) is 0 Å². The number of aromatic nitrogens is 1. The topological polar surface area (TPSA) is 16.1 Å². The molecule has 1 saturated heterocycles. The molecule has 0 saturated carbocycles. The zero-order valence-corrected chi connectivity index (χ0v) is 11.8. The lowest BCUT2D eigenvalue weighted by Crippen LogP contribution is -2.21. The number of pyridine rings is 1. The molecule has 2 unspecified atom stereocenters. The largest absolute Gasteiger partial charge is 0.294 e. The third-order valence-electron chi connectivity index (χ3n) is 3.67. The Kier molecular flexibility index (Phi) is 3.71. The lowest BCUT2D eigenvalue weighted by molar-refractivity contribution is 0.272. The fraction of sp³-hybridized carbons (Fsp3) is 0.667. The Balaban J connectivity index is 1.99. The van der Waals surface area contributed by atoms with E-state index in [0.717, 1.165) is 18.8 Å². The van der Waals surface area contributed by atoms with E-state index in [0.29, 0.717) is 6.54 Å². The van der Waals surface area contributed by atoms with Crippen molar-refractivity contribution in [1.82, 2.24) is 9.88 Å². The molecule has 1 aliphatic heterocycles. The Morgan fingerprint density at radius 3 is 2.50 bits per heavy atom. The van der Waals surface area contributed by atoms with Gasteiger partial charge in [-0.25, -0.2) is 4.39 Å². The summed E-state index contributed by atoms with van der Waals surface area (Å²) in [5, 5.41) is 0. The van der Waals surface area contributed by atoms with E-state index in [-0.39, 0.29) is 11.3 Å². The highest BCUT2D eigenvalue weighted by Gasteiger charge is 2.29. The van der Waals surface area contributed by atoms with Gasteiger partial charge >= 0.3 is 0 Å². The van der Waals surface area contributed by atoms with Crippen molar-refractivity contribution in [3.8, 4) is 0 Å². The van der Waals surface area contributed by atoms with E-state index in [9.17, 15) is 4.39 Å². The van der Waals surface area contributed by atoms with Crippen molar-refractivity contribution >= 4 is 0 Å². The third kappa shape index (κ3) is 3.08. The highest BCUT2D eigenvalue weighted by atomic mass is 19.1. The highest BCUT2D eigenvalue weighted by Crippen LogP contribution is 2.23. The van der Waals surface area contributed by atoms with E-state index >= 15 is 0 Å². The fourth-order valence-corrected chi connectivity index (χ4v) is 2.34. The molecule has 2 nitrogen and oxygen atoms in total. The SMILES string of the molecule is CC1CN(Cc2ccc(C(C)(C)C)cn2)CC1F. The van der Waals surface area contributed by atoms with Crippen molar-refractivity contribution in [2.45, 2.75) is 45.8 Å². The Bertz CT molecular complexity index is 384. The van der Waals surface area contributed by atoms with Gasteiger partial charge in [0.25, 0.3) is 0 Å². The van der Waals surface area contributed by atoms with Crippen molar-refractivity contribution in [2.75, 3.05) is 13.1 Å². The maximum Gasteiger partial charge on any atom is 0.116 e. The first-order chi connectivity index (χ1) is 8.36. The summed E-state index contributed by atoms with van der Waals surface area (Å²) in [5.41, 5.74) is 2.41. The van der Waals surface area contributed by atoms with Gasteiger partial charge in [-0.15, -0.1) is 0 Å². The van der Waals surface area contributed by atoms with Crippen molar-refractivity contribution < 1.29 is 4.39 Å². The fourth-order valence-electron chi connectivity index (χ4n) is 2.34. The standard InChI is InChI=1S/C15H23FN2/c1-11-8-18(10-14(11)16)9-13-6-5-12(7-17-13)15(2,3)4/h5-7,11,14H,8-10H2,1-4H3. The van der Waals surface area contributed by atoms with Gasteiger partial charge in [-0.05, 0) is 17.0 Å². The predicted octanol–water partition coefficient (Wildman–Crippen LogP) is 3.17. The van der Waals surface area contributed by atoms with Gasteiger partial charge in [0.15, 0.2) is 0 Å². The summed E-state index contributed by atoms with van der Waals surface area (Å²) in [5.74, 6) is 0.152. The average Bonchev–Trinajstić information content (AvgIpc) is 2.57. The molecule has 2 heterocycles. The minimum atomic E-state index is -0.682. The molecule has 0 amide bonds. The van der Waals surface area contributed by atoms with Crippen LogP contribution in [0.25, 0.3) is 0 Å². The minimum absolute atomic E-state index is 0.137. The number of halogens is 1. The van der Waals surface area contributed by atoms with Crippen LogP contribution in [0.3, 0.4) is 0 Å². The quantitative estimate of drug-likeness (QED) is 0.801. The predicted molar refractivity (Wildman–Crippen MR) is 72.3 cm³/mol. The molecule has 0 N–H and O–H groups in total. The van der Waals surface area contributed by atoms with E-state index in [1.807, 2.05) is 13.1 Å². The monoisotopic (exact) mass is 250 g/mol. The van der Waals surface area contributed by atoms with Crippen LogP contribution in [0.15, 0.2) is 18.3 Å². The van der Waals surface area contributed by atoms with Gasteiger partial charge in [-0.1, -0.05) is 33.8 Å². The molecule has 18 heavy (non-hydrogen) atoms. The average molecular weight is 250 g/mol. The van der Waals surface area contributed by atoms with Crippen molar-refractivity contribution in [1.29, 1.82) is 0 Å². The number of nitrogens with zero attached hydrogens (tertiary/aromatic N) is 2. The smallest absolute Gasteiger partial charge is 0.116 e. The second kappa shape index (κ2) is 4.96. The molecular weight excluding hydrogens is 227 g/mol. The van der Waals surface area contributed by atoms with Gasteiger partial charge in [-0.2, -0.15) is 0 Å². The van der Waals surface area contributed by atoms with Gasteiger partial charge in [-0.3, -0.25) is 9.88 Å². The first kappa shape index (κ1) is 13.5. The molecule has 1 fully saturated rings. The van der Waals surface area contributed by atoms with Crippen LogP contribution in [0.4, 0.5) is 4.39 Å². The van der Waals surface area contributed by atoms with Crippen LogP contribution in [-0.2, 0) is 12.0 Å². The molecule has 0 aromatic carbocycles. The molecular formula is C15H23FN2. The van der Waals surface area contributed by atoms with Gasteiger partial charge in [0.1, 0.15) is 6.17 Å². The van der Waals surface area contributed by atoms with E-state index in [1.165, 1.54) is 5.56 Å². The molecule has 0 spiro atoms. The maximum atomic E-state index is 13.4. The molecule has 0 bridgehead atoms. The van der Waals surface area contributed by atoms with E-state index in [4.69, 9.17) is 0 Å². The summed E-state index contributed by atoms with van der Waals surface area (Å²) in [6.45, 7) is 10.7. The van der Waals surface area contributed by atoms with Crippen LogP contribution in [0.2, 0.25) is 0 Å². The molecule has 2 rings (SSSR count). The molecule has 3 heteroatoms. The molecule has 0 aliphatic carbocycles. The first-order valence-corrected chi connectivity index (χ1v) is 6.68. The third-order valence-corrected chi connectivity index (χ3v) is 3.67. The van der Waals surface area contributed by atoms with Gasteiger partial charge in [0.2, 0.25) is 0 Å². The first-order valence-electron chi connectivity index (χ1n) is 6.68. The normalized spacial score (nSPS) is 25.6. The number of likely N-dealkylation sites (tertiary alicyclic amines) is 1. The summed E-state index contributed by atoms with van der Waals surface area (Å²) in [6.07, 6.45) is 1.26. The minimum Gasteiger partial charge on any atom is -0.294 e. The van der Waals surface area contributed by atoms with E-state index < -0.39 is 6.17 Å². The van der Waals surface area contributed by atoms with Gasteiger partial charge < -0.3 is 0 Å². The number of alkyl halides is 1. The van der Waals surface area contributed by atoms with E-state index in [1.54, 1.807) is 0 Å². The Labute approximate surface area is 109 Å². The lowest BCUT2D eigenvalue weighted by Gasteiger charge is -2.19. The second-order valence-corrected chi connectivity index (χ2v) is 6.48. The number of hydrogen-bond acceptors (Lipinski definition) is 2. The number of hydrogen-bond donors (Lipinski definition) is 0. The van der Waals surface area contributed by atoms with Crippen molar-refractivity contribution in [3.05, 3.63) is 29.6 Å². The van der Waals surface area contributed by atoms with Gasteiger partial charge in [0.05, 0.1) is 5.69 Å². The molecule has 0 radical (unpaired) electrons.